The molecule has 134 valence electrons. The van der Waals surface area contributed by atoms with Gasteiger partial charge in [-0.15, -0.1) is 0 Å². The zero-order chi connectivity index (χ0) is 19.1. The van der Waals surface area contributed by atoms with E-state index in [1.807, 2.05) is 42.5 Å². The highest BCUT2D eigenvalue weighted by atomic mass is 19.1. The smallest absolute Gasteiger partial charge is 0.267 e. The molecule has 3 aromatic rings. The number of nitrogens with zero attached hydrogens (tertiary/aromatic N) is 2. The number of hydrazone groups is 1. The van der Waals surface area contributed by atoms with Gasteiger partial charge in [-0.3, -0.25) is 4.79 Å². The van der Waals surface area contributed by atoms with Gasteiger partial charge in [0.15, 0.2) is 0 Å². The van der Waals surface area contributed by atoms with Gasteiger partial charge < -0.3 is 0 Å². The molecule has 6 heteroatoms. The molecule has 0 aromatic heterocycles. The Bertz CT molecular complexity index is 970. The largest absolute Gasteiger partial charge is 0.271 e. The molecule has 0 saturated heterocycles. The van der Waals surface area contributed by atoms with Gasteiger partial charge >= 0.3 is 0 Å². The first-order valence-corrected chi connectivity index (χ1v) is 8.25. The van der Waals surface area contributed by atoms with Crippen molar-refractivity contribution < 1.29 is 9.18 Å². The van der Waals surface area contributed by atoms with Crippen molar-refractivity contribution in [2.45, 2.75) is 0 Å². The summed E-state index contributed by atoms with van der Waals surface area (Å²) in [6.45, 7) is -0.353. The second kappa shape index (κ2) is 8.62. The number of hydrogen-bond donors (Lipinski definition) is 1. The van der Waals surface area contributed by atoms with Crippen LogP contribution in [-0.4, -0.2) is 18.2 Å². The predicted octanol–water partition coefficient (Wildman–Crippen LogP) is 4.39. The fraction of sp³-hybridized carbons (Fsp3) is 0.0476. The zero-order valence-electron chi connectivity index (χ0n) is 14.3. The topological polar surface area (TPSA) is 70.9 Å². The van der Waals surface area contributed by atoms with Gasteiger partial charge in [-0.25, -0.2) is 9.82 Å². The Morgan fingerprint density at radius 3 is 2.15 bits per heavy atom. The minimum Gasteiger partial charge on any atom is -0.267 e. The summed E-state index contributed by atoms with van der Waals surface area (Å²) in [6.07, 6.45) is 0. The molecule has 0 aliphatic rings. The van der Waals surface area contributed by atoms with Crippen molar-refractivity contribution in [3.05, 3.63) is 101 Å². The molecule has 0 atom stereocenters. The summed E-state index contributed by atoms with van der Waals surface area (Å²) in [5, 5.41) is 6.64. The second-order valence-corrected chi connectivity index (χ2v) is 5.71. The summed E-state index contributed by atoms with van der Waals surface area (Å²) in [4.78, 5) is 22.9. The van der Waals surface area contributed by atoms with E-state index in [1.54, 1.807) is 18.2 Å². The normalized spacial score (nSPS) is 11.1. The first-order chi connectivity index (χ1) is 13.2. The van der Waals surface area contributed by atoms with Crippen LogP contribution in [0.5, 0.6) is 0 Å². The van der Waals surface area contributed by atoms with Gasteiger partial charge in [0.2, 0.25) is 0 Å². The first kappa shape index (κ1) is 18.1. The minimum atomic E-state index is -0.540. The Labute approximate surface area is 155 Å². The van der Waals surface area contributed by atoms with Gasteiger partial charge in [0, 0.05) is 11.1 Å². The molecule has 0 fully saturated rings. The van der Waals surface area contributed by atoms with Crippen molar-refractivity contribution in [2.75, 3.05) is 6.54 Å². The molecular formula is C21H16FN3O2. The van der Waals surface area contributed by atoms with Crippen molar-refractivity contribution >= 4 is 11.6 Å². The van der Waals surface area contributed by atoms with Crippen molar-refractivity contribution in [1.29, 1.82) is 0 Å². The monoisotopic (exact) mass is 361 g/mol. The second-order valence-electron chi connectivity index (χ2n) is 5.71. The highest BCUT2D eigenvalue weighted by molar-refractivity contribution is 6.03. The molecule has 0 unspecified atom stereocenters. The molecule has 0 bridgehead atoms. The van der Waals surface area contributed by atoms with Crippen molar-refractivity contribution in [1.82, 2.24) is 5.43 Å². The number of benzene rings is 3. The summed E-state index contributed by atoms with van der Waals surface area (Å²) in [6, 6.07) is 22.6. The molecule has 0 heterocycles. The lowest BCUT2D eigenvalue weighted by Crippen LogP contribution is -2.21. The summed E-state index contributed by atoms with van der Waals surface area (Å²) < 4.78 is 13.9. The Morgan fingerprint density at radius 1 is 0.852 bits per heavy atom. The minimum absolute atomic E-state index is 0.0531. The van der Waals surface area contributed by atoms with E-state index < -0.39 is 11.7 Å². The maximum atomic E-state index is 13.9. The standard InChI is InChI=1S/C21H16FN3O2/c22-19-9-5-4-8-18(19)20(14-23-27)24-25-21(26)17-12-10-16(11-13-17)15-6-2-1-3-7-15/h1-13H,14H2,(H,25,26). The lowest BCUT2D eigenvalue weighted by atomic mass is 10.0. The Morgan fingerprint density at radius 2 is 1.48 bits per heavy atom. The average molecular weight is 361 g/mol. The quantitative estimate of drug-likeness (QED) is 0.402. The van der Waals surface area contributed by atoms with Gasteiger partial charge in [0.25, 0.3) is 5.91 Å². The number of amides is 1. The number of carbonyl (C=O) groups is 1. The molecule has 0 spiro atoms. The third kappa shape index (κ3) is 4.49. The van der Waals surface area contributed by atoms with E-state index in [0.717, 1.165) is 11.1 Å². The molecule has 0 radical (unpaired) electrons. The first-order valence-electron chi connectivity index (χ1n) is 8.25. The number of halogens is 1. The highest BCUT2D eigenvalue weighted by Gasteiger charge is 2.11. The van der Waals surface area contributed by atoms with E-state index >= 15 is 0 Å². The number of hydrogen-bond acceptors (Lipinski definition) is 4. The maximum absolute atomic E-state index is 13.9. The maximum Gasteiger partial charge on any atom is 0.271 e. The van der Waals surface area contributed by atoms with Gasteiger partial charge in [-0.05, 0) is 29.3 Å². The third-order valence-corrected chi connectivity index (χ3v) is 3.95. The fourth-order valence-electron chi connectivity index (χ4n) is 2.56. The number of nitrogens with one attached hydrogen (secondary N) is 1. The molecule has 3 rings (SSSR count). The Balaban J connectivity index is 1.76. The van der Waals surface area contributed by atoms with Gasteiger partial charge in [-0.1, -0.05) is 65.8 Å². The van der Waals surface area contributed by atoms with Crippen LogP contribution in [0.15, 0.2) is 89.1 Å². The van der Waals surface area contributed by atoms with Crippen LogP contribution >= 0.6 is 0 Å². The Hall–Kier alpha value is -3.67. The van der Waals surface area contributed by atoms with Crippen LogP contribution in [-0.2, 0) is 0 Å². The van der Waals surface area contributed by atoms with Crippen molar-refractivity contribution in [3.8, 4) is 11.1 Å². The van der Waals surface area contributed by atoms with Crippen molar-refractivity contribution in [3.63, 3.8) is 0 Å². The lowest BCUT2D eigenvalue weighted by Gasteiger charge is -2.06. The predicted molar refractivity (Wildman–Crippen MR) is 103 cm³/mol. The molecule has 0 aliphatic carbocycles. The van der Waals surface area contributed by atoms with E-state index in [0.29, 0.717) is 5.56 Å². The van der Waals surface area contributed by atoms with Crippen molar-refractivity contribution in [2.24, 2.45) is 10.3 Å². The van der Waals surface area contributed by atoms with E-state index in [2.05, 4.69) is 15.7 Å². The van der Waals surface area contributed by atoms with Gasteiger partial charge in [0.1, 0.15) is 12.4 Å². The molecule has 0 saturated carbocycles. The van der Waals surface area contributed by atoms with Crippen LogP contribution in [0.2, 0.25) is 0 Å². The molecule has 3 aromatic carbocycles. The lowest BCUT2D eigenvalue weighted by molar-refractivity contribution is 0.0955. The molecule has 0 aliphatic heterocycles. The molecule has 27 heavy (non-hydrogen) atoms. The van der Waals surface area contributed by atoms with Crippen LogP contribution in [0.1, 0.15) is 15.9 Å². The van der Waals surface area contributed by atoms with Crippen LogP contribution in [0.3, 0.4) is 0 Å². The van der Waals surface area contributed by atoms with E-state index in [4.69, 9.17) is 0 Å². The van der Waals surface area contributed by atoms with Crippen LogP contribution in [0, 0.1) is 10.7 Å². The van der Waals surface area contributed by atoms with E-state index in [1.165, 1.54) is 18.2 Å². The number of rotatable bonds is 6. The number of carbonyl (C=O) groups excluding carboxylic acids is 1. The summed E-state index contributed by atoms with van der Waals surface area (Å²) in [5.74, 6) is -1.00. The molecule has 1 N–H and O–H groups in total. The summed E-state index contributed by atoms with van der Waals surface area (Å²) in [5.41, 5.74) is 4.94. The highest BCUT2D eigenvalue weighted by Crippen LogP contribution is 2.19. The van der Waals surface area contributed by atoms with Gasteiger partial charge in [0.05, 0.1) is 5.71 Å². The van der Waals surface area contributed by atoms with E-state index in [9.17, 15) is 14.1 Å². The summed E-state index contributed by atoms with van der Waals surface area (Å²) in [7, 11) is 0. The molecule has 1 amide bonds. The van der Waals surface area contributed by atoms with Gasteiger partial charge in [-0.2, -0.15) is 10.0 Å². The zero-order valence-corrected chi connectivity index (χ0v) is 14.3. The SMILES string of the molecule is O=NCC(=NNC(=O)c1ccc(-c2ccccc2)cc1)c1ccccc1F. The summed E-state index contributed by atoms with van der Waals surface area (Å²) >= 11 is 0. The average Bonchev–Trinajstić information content (AvgIpc) is 2.72. The van der Waals surface area contributed by atoms with Crippen LogP contribution in [0.25, 0.3) is 11.1 Å². The number of nitroso groups, excluding NO2 is 1. The van der Waals surface area contributed by atoms with E-state index in [-0.39, 0.29) is 17.8 Å². The Kier molecular flexibility index (Phi) is 5.79. The molecule has 5 nitrogen and oxygen atoms in total. The van der Waals surface area contributed by atoms with Crippen LogP contribution in [0.4, 0.5) is 4.39 Å². The van der Waals surface area contributed by atoms with Crippen LogP contribution < -0.4 is 5.43 Å². The molecular weight excluding hydrogens is 345 g/mol. The third-order valence-electron chi connectivity index (χ3n) is 3.95. The fourth-order valence-corrected chi connectivity index (χ4v) is 2.56.